The fourth-order valence-electron chi connectivity index (χ4n) is 2.97. The molecule has 33 heavy (non-hydrogen) atoms. The Hall–Kier alpha value is -3.90. The number of rotatable bonds is 7. The van der Waals surface area contributed by atoms with Crippen LogP contribution in [0.5, 0.6) is 0 Å². The summed E-state index contributed by atoms with van der Waals surface area (Å²) in [4.78, 5) is 8.15. The van der Waals surface area contributed by atoms with E-state index >= 15 is 0 Å². The van der Waals surface area contributed by atoms with Gasteiger partial charge in [0.25, 0.3) is 11.8 Å². The molecule has 0 saturated heterocycles. The van der Waals surface area contributed by atoms with E-state index in [1.165, 1.54) is 47.4 Å². The van der Waals surface area contributed by atoms with Gasteiger partial charge in [0.05, 0.1) is 17.2 Å². The first-order chi connectivity index (χ1) is 15.7. The lowest BCUT2D eigenvalue weighted by molar-refractivity contribution is -0.137. The Labute approximate surface area is 182 Å². The lowest BCUT2D eigenvalue weighted by atomic mass is 10.1. The Morgan fingerprint density at radius 3 is 2.27 bits per heavy atom. The molecule has 0 bridgehead atoms. The van der Waals surface area contributed by atoms with Crippen LogP contribution < -0.4 is 5.32 Å². The number of benzene rings is 1. The van der Waals surface area contributed by atoms with Gasteiger partial charge < -0.3 is 14.3 Å². The molecule has 0 radical (unpaired) electrons. The normalized spacial score (nSPS) is 12.8. The molecule has 1 atom stereocenters. The number of nitrogens with zero attached hydrogens (tertiary/aromatic N) is 5. The summed E-state index contributed by atoms with van der Waals surface area (Å²) in [5, 5.41) is 9.71. The predicted molar refractivity (Wildman–Crippen MR) is 102 cm³/mol. The largest absolute Gasteiger partial charge is 0.417 e. The number of aromatic nitrogens is 5. The molecule has 0 amide bonds. The van der Waals surface area contributed by atoms with Crippen molar-refractivity contribution in [1.29, 1.82) is 0 Å². The summed E-state index contributed by atoms with van der Waals surface area (Å²) >= 11 is 0. The zero-order chi connectivity index (χ0) is 23.6. The second kappa shape index (κ2) is 8.92. The van der Waals surface area contributed by atoms with E-state index in [2.05, 4.69) is 25.5 Å². The van der Waals surface area contributed by atoms with E-state index in [1.807, 2.05) is 0 Å². The summed E-state index contributed by atoms with van der Waals surface area (Å²) in [6.07, 6.45) is -2.65. The van der Waals surface area contributed by atoms with E-state index in [4.69, 9.17) is 4.42 Å². The van der Waals surface area contributed by atoms with Crippen LogP contribution in [-0.2, 0) is 12.7 Å². The third-order valence-electron chi connectivity index (χ3n) is 4.57. The molecule has 0 aliphatic heterocycles. The molecule has 3 aromatic heterocycles. The van der Waals surface area contributed by atoms with Gasteiger partial charge in [-0.3, -0.25) is 0 Å². The Morgan fingerprint density at radius 2 is 1.70 bits per heavy atom. The summed E-state index contributed by atoms with van der Waals surface area (Å²) in [6.45, 7) is 0.0498. The molecule has 7 nitrogen and oxygen atoms in total. The molecule has 3 heterocycles. The van der Waals surface area contributed by atoms with Gasteiger partial charge in [0, 0.05) is 31.3 Å². The highest BCUT2D eigenvalue weighted by atomic mass is 19.4. The summed E-state index contributed by atoms with van der Waals surface area (Å²) in [5.74, 6) is -1.42. The molecule has 13 heteroatoms. The van der Waals surface area contributed by atoms with Crippen molar-refractivity contribution in [1.82, 2.24) is 24.7 Å². The lowest BCUT2D eigenvalue weighted by Gasteiger charge is -2.20. The minimum Gasteiger partial charge on any atom is -0.415 e. The maximum atomic E-state index is 13.4. The van der Waals surface area contributed by atoms with Gasteiger partial charge in [0.15, 0.2) is 0 Å². The number of hydrogen-bond donors (Lipinski definition) is 1. The number of alkyl halides is 5. The summed E-state index contributed by atoms with van der Waals surface area (Å²) in [6, 6.07) is 5.74. The highest BCUT2D eigenvalue weighted by Gasteiger charge is 2.31. The van der Waals surface area contributed by atoms with Gasteiger partial charge >= 0.3 is 12.6 Å². The first-order valence-corrected chi connectivity index (χ1v) is 9.38. The summed E-state index contributed by atoms with van der Waals surface area (Å²) in [5.41, 5.74) is -0.0352. The molecule has 0 fully saturated rings. The molecule has 0 aliphatic rings. The first kappa shape index (κ1) is 22.3. The highest BCUT2D eigenvalue weighted by molar-refractivity contribution is 5.50. The molecule has 4 rings (SSSR count). The van der Waals surface area contributed by atoms with Crippen molar-refractivity contribution in [2.45, 2.75) is 25.2 Å². The Bertz CT molecular complexity index is 1200. The molecule has 1 unspecified atom stereocenters. The molecule has 4 aromatic rings. The van der Waals surface area contributed by atoms with Crippen molar-refractivity contribution in [2.75, 3.05) is 5.32 Å². The predicted octanol–water partition coefficient (Wildman–Crippen LogP) is 5.28. The Morgan fingerprint density at radius 1 is 1.00 bits per heavy atom. The molecule has 0 aliphatic carbocycles. The summed E-state index contributed by atoms with van der Waals surface area (Å²) in [7, 11) is 0. The second-order valence-electron chi connectivity index (χ2n) is 6.88. The third-order valence-corrected chi connectivity index (χ3v) is 4.57. The maximum absolute atomic E-state index is 13.4. The zero-order valence-electron chi connectivity index (χ0n) is 16.5. The molecule has 0 saturated carbocycles. The van der Waals surface area contributed by atoms with Crippen molar-refractivity contribution in [2.24, 2.45) is 0 Å². The van der Waals surface area contributed by atoms with Crippen LogP contribution in [-0.4, -0.2) is 24.7 Å². The van der Waals surface area contributed by atoms with E-state index in [1.54, 1.807) is 0 Å². The number of halogens is 6. The minimum absolute atomic E-state index is 0.0498. The van der Waals surface area contributed by atoms with Crippen LogP contribution in [0.15, 0.2) is 59.5 Å². The molecular formula is C20H14F6N6O. The van der Waals surface area contributed by atoms with Gasteiger partial charge in [-0.05, 0) is 23.8 Å². The van der Waals surface area contributed by atoms with E-state index in [9.17, 15) is 26.3 Å². The smallest absolute Gasteiger partial charge is 0.415 e. The van der Waals surface area contributed by atoms with Gasteiger partial charge in [-0.2, -0.15) is 22.0 Å². The fourth-order valence-corrected chi connectivity index (χ4v) is 2.97. The minimum atomic E-state index is -4.48. The van der Waals surface area contributed by atoms with Gasteiger partial charge in [-0.1, -0.05) is 12.1 Å². The SMILES string of the molecule is Fc1ccc(C(Cn2ccc(C(F)(F)F)c2)Nc2ncc(-c3nnc(C(F)F)o3)cn2)cc1. The van der Waals surface area contributed by atoms with E-state index in [-0.39, 0.29) is 23.9 Å². The van der Waals surface area contributed by atoms with Gasteiger partial charge in [0.2, 0.25) is 5.95 Å². The van der Waals surface area contributed by atoms with Crippen molar-refractivity contribution in [3.05, 3.63) is 78.0 Å². The average molecular weight is 468 g/mol. The zero-order valence-corrected chi connectivity index (χ0v) is 16.5. The molecular weight excluding hydrogens is 454 g/mol. The Kier molecular flexibility index (Phi) is 6.03. The standard InChI is InChI=1S/C20H14F6N6O/c21-14-3-1-11(2-4-14)15(10-32-6-5-13(9-32)20(24,25)26)29-19-27-7-12(8-28-19)17-30-31-18(33-17)16(22)23/h1-9,15-16H,10H2,(H,27,28,29). The van der Waals surface area contributed by atoms with Crippen LogP contribution in [0.3, 0.4) is 0 Å². The molecule has 172 valence electrons. The average Bonchev–Trinajstić information content (AvgIpc) is 3.44. The lowest BCUT2D eigenvalue weighted by Crippen LogP contribution is -2.18. The highest BCUT2D eigenvalue weighted by Crippen LogP contribution is 2.30. The van der Waals surface area contributed by atoms with E-state index in [0.717, 1.165) is 12.3 Å². The van der Waals surface area contributed by atoms with Crippen molar-refractivity contribution < 1.29 is 30.8 Å². The van der Waals surface area contributed by atoms with Gasteiger partial charge in [-0.15, -0.1) is 10.2 Å². The number of hydrogen-bond acceptors (Lipinski definition) is 6. The quantitative estimate of drug-likeness (QED) is 0.372. The maximum Gasteiger partial charge on any atom is 0.417 e. The van der Waals surface area contributed by atoms with Crippen LogP contribution >= 0.6 is 0 Å². The number of anilines is 1. The summed E-state index contributed by atoms with van der Waals surface area (Å²) < 4.78 is 83.5. The van der Waals surface area contributed by atoms with Crippen molar-refractivity contribution >= 4 is 5.95 Å². The topological polar surface area (TPSA) is 81.7 Å². The van der Waals surface area contributed by atoms with Crippen molar-refractivity contribution in [3.63, 3.8) is 0 Å². The third kappa shape index (κ3) is 5.30. The monoisotopic (exact) mass is 468 g/mol. The van der Waals surface area contributed by atoms with Crippen LogP contribution in [0, 0.1) is 5.82 Å². The van der Waals surface area contributed by atoms with Gasteiger partial charge in [0.1, 0.15) is 5.82 Å². The van der Waals surface area contributed by atoms with E-state index < -0.39 is 35.9 Å². The van der Waals surface area contributed by atoms with Crippen LogP contribution in [0.25, 0.3) is 11.5 Å². The van der Waals surface area contributed by atoms with Crippen LogP contribution in [0.1, 0.15) is 29.5 Å². The van der Waals surface area contributed by atoms with Gasteiger partial charge in [-0.25, -0.2) is 14.4 Å². The number of nitrogens with one attached hydrogen (secondary N) is 1. The molecule has 1 aromatic carbocycles. The van der Waals surface area contributed by atoms with Crippen LogP contribution in [0.4, 0.5) is 32.3 Å². The van der Waals surface area contributed by atoms with Crippen molar-refractivity contribution in [3.8, 4) is 11.5 Å². The van der Waals surface area contributed by atoms with E-state index in [0.29, 0.717) is 5.56 Å². The first-order valence-electron chi connectivity index (χ1n) is 9.38. The second-order valence-corrected chi connectivity index (χ2v) is 6.88. The molecule has 0 spiro atoms. The molecule has 1 N–H and O–H groups in total. The van der Waals surface area contributed by atoms with Crippen LogP contribution in [0.2, 0.25) is 0 Å². The fraction of sp³-hybridized carbons (Fsp3) is 0.200. The Balaban J connectivity index is 1.55.